The Morgan fingerprint density at radius 3 is 2.91 bits per heavy atom. The fourth-order valence-electron chi connectivity index (χ4n) is 0.814. The molecule has 0 saturated heterocycles. The van der Waals surface area contributed by atoms with Gasteiger partial charge in [0.25, 0.3) is 0 Å². The summed E-state index contributed by atoms with van der Waals surface area (Å²) in [5.74, 6) is -0.398. The van der Waals surface area contributed by atoms with Gasteiger partial charge in [-0.2, -0.15) is 0 Å². The number of halogens is 1. The molecule has 0 radical (unpaired) electrons. The van der Waals surface area contributed by atoms with Gasteiger partial charge in [0, 0.05) is 24.3 Å². The van der Waals surface area contributed by atoms with Gasteiger partial charge in [-0.1, -0.05) is 0 Å². The highest BCUT2D eigenvalue weighted by Crippen LogP contribution is 2.11. The Labute approximate surface area is 64.2 Å². The first-order valence-electron chi connectivity index (χ1n) is 3.30. The van der Waals surface area contributed by atoms with Crippen molar-refractivity contribution in [1.82, 2.24) is 4.98 Å². The molecule has 60 valence electrons. The maximum atomic E-state index is 12.8. The zero-order valence-electron chi connectivity index (χ0n) is 6.00. The van der Waals surface area contributed by atoms with Crippen LogP contribution in [0.2, 0.25) is 0 Å². The lowest BCUT2D eigenvalue weighted by Gasteiger charge is -2.08. The molecular formula is C7H10FN3. The quantitative estimate of drug-likeness (QED) is 0.640. The first kappa shape index (κ1) is 8.10. The van der Waals surface area contributed by atoms with E-state index in [4.69, 9.17) is 11.5 Å². The lowest BCUT2D eigenvalue weighted by Crippen LogP contribution is -2.21. The largest absolute Gasteiger partial charge is 0.329 e. The summed E-state index contributed by atoms with van der Waals surface area (Å²) in [6.45, 7) is 0.237. The molecule has 0 saturated carbocycles. The van der Waals surface area contributed by atoms with Crippen molar-refractivity contribution in [2.24, 2.45) is 11.5 Å². The topological polar surface area (TPSA) is 64.9 Å². The molecule has 0 aliphatic carbocycles. The van der Waals surface area contributed by atoms with E-state index in [0.29, 0.717) is 5.56 Å². The van der Waals surface area contributed by atoms with Crippen LogP contribution in [0.1, 0.15) is 11.6 Å². The molecule has 1 unspecified atom stereocenters. The molecule has 1 rings (SSSR count). The van der Waals surface area contributed by atoms with E-state index in [1.165, 1.54) is 12.3 Å². The molecule has 0 aliphatic heterocycles. The Bertz CT molecular complexity index is 239. The smallest absolute Gasteiger partial charge is 0.146 e. The number of nitrogens with zero attached hydrogens (tertiary/aromatic N) is 1. The van der Waals surface area contributed by atoms with Gasteiger partial charge in [0.15, 0.2) is 0 Å². The van der Waals surface area contributed by atoms with Crippen LogP contribution in [0.3, 0.4) is 0 Å². The summed E-state index contributed by atoms with van der Waals surface area (Å²) >= 11 is 0. The minimum absolute atomic E-state index is 0.237. The normalized spacial score (nSPS) is 13.0. The monoisotopic (exact) mass is 155 g/mol. The first-order chi connectivity index (χ1) is 5.25. The van der Waals surface area contributed by atoms with Crippen LogP contribution >= 0.6 is 0 Å². The minimum Gasteiger partial charge on any atom is -0.329 e. The molecule has 1 heterocycles. The molecule has 11 heavy (non-hydrogen) atoms. The maximum Gasteiger partial charge on any atom is 0.146 e. The van der Waals surface area contributed by atoms with Gasteiger partial charge in [0.1, 0.15) is 5.82 Å². The van der Waals surface area contributed by atoms with Crippen molar-refractivity contribution in [2.75, 3.05) is 6.54 Å². The highest BCUT2D eigenvalue weighted by Gasteiger charge is 2.07. The summed E-state index contributed by atoms with van der Waals surface area (Å²) < 4.78 is 12.8. The van der Waals surface area contributed by atoms with Gasteiger partial charge in [0.05, 0.1) is 6.20 Å². The highest BCUT2D eigenvalue weighted by molar-refractivity contribution is 5.16. The number of pyridine rings is 1. The summed E-state index contributed by atoms with van der Waals surface area (Å²) in [6.07, 6.45) is 2.62. The average molecular weight is 155 g/mol. The molecule has 1 aromatic heterocycles. The molecule has 3 nitrogen and oxygen atoms in total. The molecular weight excluding hydrogens is 145 g/mol. The number of aromatic nitrogens is 1. The predicted octanol–water partition coefficient (Wildman–Crippen LogP) is 0.179. The summed E-state index contributed by atoms with van der Waals surface area (Å²) in [4.78, 5) is 3.59. The van der Waals surface area contributed by atoms with Crippen molar-refractivity contribution in [1.29, 1.82) is 0 Å². The zero-order chi connectivity index (χ0) is 8.27. The molecule has 4 heteroatoms. The third kappa shape index (κ3) is 1.72. The van der Waals surface area contributed by atoms with Crippen molar-refractivity contribution in [3.8, 4) is 0 Å². The summed E-state index contributed by atoms with van der Waals surface area (Å²) in [5, 5.41) is 0. The van der Waals surface area contributed by atoms with Gasteiger partial charge in [-0.25, -0.2) is 4.39 Å². The summed E-state index contributed by atoms with van der Waals surface area (Å²) in [7, 11) is 0. The van der Waals surface area contributed by atoms with Crippen LogP contribution in [0.15, 0.2) is 18.5 Å². The molecule has 0 bridgehead atoms. The van der Waals surface area contributed by atoms with Crippen LogP contribution in [0.4, 0.5) is 4.39 Å². The van der Waals surface area contributed by atoms with Crippen LogP contribution in [-0.2, 0) is 0 Å². The Hall–Kier alpha value is -1.00. The number of nitrogens with two attached hydrogens (primary N) is 2. The van der Waals surface area contributed by atoms with Gasteiger partial charge < -0.3 is 11.5 Å². The van der Waals surface area contributed by atoms with Crippen LogP contribution in [-0.4, -0.2) is 11.5 Å². The SMILES string of the molecule is NCC(N)c1ccncc1F. The lowest BCUT2D eigenvalue weighted by molar-refractivity contribution is 0.578. The van der Waals surface area contributed by atoms with E-state index in [0.717, 1.165) is 6.20 Å². The molecule has 0 amide bonds. The van der Waals surface area contributed by atoms with Crippen molar-refractivity contribution >= 4 is 0 Å². The summed E-state index contributed by atoms with van der Waals surface area (Å²) in [6, 6.07) is 1.10. The molecule has 0 fully saturated rings. The van der Waals surface area contributed by atoms with Crippen molar-refractivity contribution in [3.05, 3.63) is 29.8 Å². The van der Waals surface area contributed by atoms with Gasteiger partial charge >= 0.3 is 0 Å². The minimum atomic E-state index is -0.432. The second-order valence-electron chi connectivity index (χ2n) is 2.24. The van der Waals surface area contributed by atoms with Gasteiger partial charge in [-0.15, -0.1) is 0 Å². The Morgan fingerprint density at radius 2 is 2.36 bits per heavy atom. The predicted molar refractivity (Wildman–Crippen MR) is 40.2 cm³/mol. The van der Waals surface area contributed by atoms with Gasteiger partial charge in [-0.3, -0.25) is 4.98 Å². The number of hydrogen-bond acceptors (Lipinski definition) is 3. The van der Waals surface area contributed by atoms with Crippen molar-refractivity contribution in [3.63, 3.8) is 0 Å². The van der Waals surface area contributed by atoms with E-state index < -0.39 is 11.9 Å². The molecule has 0 spiro atoms. The van der Waals surface area contributed by atoms with Crippen molar-refractivity contribution in [2.45, 2.75) is 6.04 Å². The van der Waals surface area contributed by atoms with E-state index in [1.807, 2.05) is 0 Å². The van der Waals surface area contributed by atoms with Gasteiger partial charge in [0.2, 0.25) is 0 Å². The first-order valence-corrected chi connectivity index (χ1v) is 3.30. The fourth-order valence-corrected chi connectivity index (χ4v) is 0.814. The zero-order valence-corrected chi connectivity index (χ0v) is 6.00. The van der Waals surface area contributed by atoms with E-state index in [1.54, 1.807) is 0 Å². The second-order valence-corrected chi connectivity index (χ2v) is 2.24. The van der Waals surface area contributed by atoms with E-state index in [-0.39, 0.29) is 6.54 Å². The van der Waals surface area contributed by atoms with Crippen LogP contribution in [0, 0.1) is 5.82 Å². The van der Waals surface area contributed by atoms with E-state index in [2.05, 4.69) is 4.98 Å². The fraction of sp³-hybridized carbons (Fsp3) is 0.286. The average Bonchev–Trinajstić information content (AvgIpc) is 2.04. The third-order valence-corrected chi connectivity index (χ3v) is 1.46. The lowest BCUT2D eigenvalue weighted by atomic mass is 10.1. The highest BCUT2D eigenvalue weighted by atomic mass is 19.1. The van der Waals surface area contributed by atoms with Crippen LogP contribution < -0.4 is 11.5 Å². The third-order valence-electron chi connectivity index (χ3n) is 1.46. The Balaban J connectivity index is 2.93. The number of rotatable bonds is 2. The second kappa shape index (κ2) is 3.41. The van der Waals surface area contributed by atoms with Crippen molar-refractivity contribution < 1.29 is 4.39 Å². The molecule has 4 N–H and O–H groups in total. The Morgan fingerprint density at radius 1 is 1.64 bits per heavy atom. The van der Waals surface area contributed by atoms with E-state index >= 15 is 0 Å². The van der Waals surface area contributed by atoms with Crippen LogP contribution in [0.5, 0.6) is 0 Å². The summed E-state index contributed by atoms with van der Waals surface area (Å²) in [5.41, 5.74) is 11.2. The standard InChI is InChI=1S/C7H10FN3/c8-6-4-11-2-1-5(6)7(10)3-9/h1-2,4,7H,3,9-10H2. The molecule has 1 atom stereocenters. The Kier molecular flexibility index (Phi) is 2.51. The van der Waals surface area contributed by atoms with Gasteiger partial charge in [-0.05, 0) is 6.07 Å². The maximum absolute atomic E-state index is 12.8. The molecule has 1 aromatic rings. The molecule has 0 aliphatic rings. The van der Waals surface area contributed by atoms with Crippen LogP contribution in [0.25, 0.3) is 0 Å². The number of hydrogen-bond donors (Lipinski definition) is 2. The molecule has 0 aromatic carbocycles. The van der Waals surface area contributed by atoms with E-state index in [9.17, 15) is 4.39 Å².